The molecule has 0 radical (unpaired) electrons. The highest BCUT2D eigenvalue weighted by Gasteiger charge is 2.21. The highest BCUT2D eigenvalue weighted by Crippen LogP contribution is 2.22. The van der Waals surface area contributed by atoms with Crippen molar-refractivity contribution in [1.82, 2.24) is 15.3 Å². The van der Waals surface area contributed by atoms with Crippen LogP contribution in [0.5, 0.6) is 0 Å². The van der Waals surface area contributed by atoms with Gasteiger partial charge >= 0.3 is 6.03 Å². The summed E-state index contributed by atoms with van der Waals surface area (Å²) < 4.78 is 5.47. The molecule has 1 atom stereocenters. The third-order valence-corrected chi connectivity index (χ3v) is 4.04. The molecular weight excluding hydrogens is 318 g/mol. The van der Waals surface area contributed by atoms with Crippen LogP contribution in [0.25, 0.3) is 11.3 Å². The van der Waals surface area contributed by atoms with Gasteiger partial charge in [0.15, 0.2) is 0 Å². The molecule has 2 amide bonds. The largest absolute Gasteiger partial charge is 0.377 e. The van der Waals surface area contributed by atoms with Crippen LogP contribution in [0.4, 0.5) is 16.4 Å². The quantitative estimate of drug-likeness (QED) is 0.893. The first-order valence-electron chi connectivity index (χ1n) is 8.50. The summed E-state index contributed by atoms with van der Waals surface area (Å²) in [6.07, 6.45) is 1.78. The van der Waals surface area contributed by atoms with E-state index in [9.17, 15) is 4.79 Å². The van der Waals surface area contributed by atoms with Gasteiger partial charge in [0, 0.05) is 30.5 Å². The lowest BCUT2D eigenvalue weighted by Crippen LogP contribution is -2.44. The lowest BCUT2D eigenvalue weighted by Gasteiger charge is -2.33. The zero-order chi connectivity index (χ0) is 17.6. The summed E-state index contributed by atoms with van der Waals surface area (Å²) in [5.74, 6) is 0.720. The third kappa shape index (κ3) is 4.24. The number of hydrogen-bond donors (Lipinski definition) is 2. The van der Waals surface area contributed by atoms with E-state index in [2.05, 4.69) is 27.4 Å². The molecule has 1 aromatic carbocycles. The minimum atomic E-state index is -0.208. The fraction of sp³-hybridized carbons (Fsp3) is 0.389. The number of hydrogen-bond acceptors (Lipinski definition) is 5. The second-order valence-corrected chi connectivity index (χ2v) is 5.92. The number of nitrogens with one attached hydrogen (secondary N) is 2. The van der Waals surface area contributed by atoms with Crippen molar-refractivity contribution in [2.45, 2.75) is 19.9 Å². The molecule has 0 spiro atoms. The second-order valence-electron chi connectivity index (χ2n) is 5.92. The van der Waals surface area contributed by atoms with Crippen molar-refractivity contribution < 1.29 is 9.53 Å². The normalized spacial score (nSPS) is 17.2. The number of nitrogens with zero attached hydrogens (tertiary/aromatic N) is 3. The van der Waals surface area contributed by atoms with E-state index in [1.54, 1.807) is 6.20 Å². The third-order valence-electron chi connectivity index (χ3n) is 4.04. The van der Waals surface area contributed by atoms with Gasteiger partial charge in [0.1, 0.15) is 0 Å². The molecule has 2 N–H and O–H groups in total. The molecule has 1 aromatic heterocycles. The Morgan fingerprint density at radius 1 is 1.32 bits per heavy atom. The van der Waals surface area contributed by atoms with Crippen LogP contribution in [0.15, 0.2) is 36.5 Å². The van der Waals surface area contributed by atoms with Gasteiger partial charge in [-0.1, -0.05) is 12.1 Å². The topological polar surface area (TPSA) is 79.4 Å². The smallest absolute Gasteiger partial charge is 0.319 e. The van der Waals surface area contributed by atoms with Gasteiger partial charge in [-0.05, 0) is 32.0 Å². The molecule has 0 saturated carbocycles. The molecule has 132 valence electrons. The summed E-state index contributed by atoms with van der Waals surface area (Å²) in [5, 5.41) is 5.49. The minimum Gasteiger partial charge on any atom is -0.377 e. The Morgan fingerprint density at radius 3 is 2.84 bits per heavy atom. The zero-order valence-electron chi connectivity index (χ0n) is 14.5. The molecule has 1 aliphatic heterocycles. The zero-order valence-corrected chi connectivity index (χ0v) is 14.5. The highest BCUT2D eigenvalue weighted by atomic mass is 16.5. The van der Waals surface area contributed by atoms with E-state index in [0.717, 1.165) is 29.4 Å². The Bertz CT molecular complexity index is 720. The van der Waals surface area contributed by atoms with Crippen molar-refractivity contribution >= 4 is 17.7 Å². The summed E-state index contributed by atoms with van der Waals surface area (Å²) in [5.41, 5.74) is 2.57. The Balaban J connectivity index is 1.75. The maximum Gasteiger partial charge on any atom is 0.319 e. The summed E-state index contributed by atoms with van der Waals surface area (Å²) in [4.78, 5) is 22.8. The Labute approximate surface area is 147 Å². The standard InChI is InChI=1S/C18H23N5O2/c1-3-19-18(24)21-15-6-4-14(5-7-15)16-8-9-20-17(22-16)23-10-11-25-12-13(23)2/h4-9,13H,3,10-12H2,1-2H3,(H2,19,21,24). The number of amides is 2. The fourth-order valence-corrected chi connectivity index (χ4v) is 2.73. The van der Waals surface area contributed by atoms with Gasteiger partial charge in [0.2, 0.25) is 5.95 Å². The fourth-order valence-electron chi connectivity index (χ4n) is 2.73. The van der Waals surface area contributed by atoms with Gasteiger partial charge in [-0.15, -0.1) is 0 Å². The Hall–Kier alpha value is -2.67. The minimum absolute atomic E-state index is 0.208. The molecule has 25 heavy (non-hydrogen) atoms. The summed E-state index contributed by atoms with van der Waals surface area (Å²) >= 11 is 0. The predicted octanol–water partition coefficient (Wildman–Crippen LogP) is 2.51. The Morgan fingerprint density at radius 2 is 2.12 bits per heavy atom. The maximum absolute atomic E-state index is 11.6. The van der Waals surface area contributed by atoms with Crippen LogP contribution in [-0.4, -0.2) is 48.3 Å². The van der Waals surface area contributed by atoms with Crippen molar-refractivity contribution in [2.75, 3.05) is 36.5 Å². The monoisotopic (exact) mass is 341 g/mol. The maximum atomic E-state index is 11.6. The molecule has 2 heterocycles. The van der Waals surface area contributed by atoms with Gasteiger partial charge in [0.25, 0.3) is 0 Å². The Kier molecular flexibility index (Phi) is 5.45. The molecule has 2 aromatic rings. The molecule has 7 nitrogen and oxygen atoms in total. The van der Waals surface area contributed by atoms with Crippen molar-refractivity contribution in [3.63, 3.8) is 0 Å². The number of urea groups is 1. The first-order valence-corrected chi connectivity index (χ1v) is 8.50. The van der Waals surface area contributed by atoms with Crippen molar-refractivity contribution in [1.29, 1.82) is 0 Å². The van der Waals surface area contributed by atoms with E-state index in [4.69, 9.17) is 9.72 Å². The lowest BCUT2D eigenvalue weighted by molar-refractivity contribution is 0.0981. The molecule has 7 heteroatoms. The molecule has 0 aliphatic carbocycles. The van der Waals surface area contributed by atoms with Crippen LogP contribution in [0, 0.1) is 0 Å². The SMILES string of the molecule is CCNC(=O)Nc1ccc(-c2ccnc(N3CCOCC3C)n2)cc1. The van der Waals surface area contributed by atoms with E-state index in [1.807, 2.05) is 37.3 Å². The van der Waals surface area contributed by atoms with Crippen LogP contribution in [0.3, 0.4) is 0 Å². The van der Waals surface area contributed by atoms with E-state index in [1.165, 1.54) is 0 Å². The number of ether oxygens (including phenoxy) is 1. The number of aromatic nitrogens is 2. The van der Waals surface area contributed by atoms with Gasteiger partial charge in [-0.3, -0.25) is 0 Å². The number of morpholine rings is 1. The lowest BCUT2D eigenvalue weighted by atomic mass is 10.1. The van der Waals surface area contributed by atoms with E-state index < -0.39 is 0 Å². The number of rotatable bonds is 4. The number of carbonyl (C=O) groups is 1. The van der Waals surface area contributed by atoms with Crippen molar-refractivity contribution in [3.05, 3.63) is 36.5 Å². The van der Waals surface area contributed by atoms with Crippen molar-refractivity contribution in [3.8, 4) is 11.3 Å². The average molecular weight is 341 g/mol. The molecular formula is C18H23N5O2. The summed E-state index contributed by atoms with van der Waals surface area (Å²) in [7, 11) is 0. The molecule has 1 unspecified atom stereocenters. The summed E-state index contributed by atoms with van der Waals surface area (Å²) in [6, 6.07) is 9.55. The van der Waals surface area contributed by atoms with Gasteiger partial charge in [0.05, 0.1) is 24.9 Å². The average Bonchev–Trinajstić information content (AvgIpc) is 2.63. The van der Waals surface area contributed by atoms with Gasteiger partial charge < -0.3 is 20.3 Å². The van der Waals surface area contributed by atoms with Crippen LogP contribution < -0.4 is 15.5 Å². The first kappa shape index (κ1) is 17.2. The molecule has 3 rings (SSSR count). The van der Waals surface area contributed by atoms with Crippen LogP contribution in [0.1, 0.15) is 13.8 Å². The summed E-state index contributed by atoms with van der Waals surface area (Å²) in [6.45, 7) is 6.75. The van der Waals surface area contributed by atoms with E-state index >= 15 is 0 Å². The number of carbonyl (C=O) groups excluding carboxylic acids is 1. The van der Waals surface area contributed by atoms with E-state index in [-0.39, 0.29) is 12.1 Å². The van der Waals surface area contributed by atoms with Gasteiger partial charge in [-0.2, -0.15) is 0 Å². The van der Waals surface area contributed by atoms with Gasteiger partial charge in [-0.25, -0.2) is 14.8 Å². The van der Waals surface area contributed by atoms with Crippen LogP contribution in [-0.2, 0) is 4.74 Å². The molecule has 1 saturated heterocycles. The van der Waals surface area contributed by atoms with Crippen LogP contribution in [0.2, 0.25) is 0 Å². The number of anilines is 2. The van der Waals surface area contributed by atoms with Crippen molar-refractivity contribution in [2.24, 2.45) is 0 Å². The predicted molar refractivity (Wildman–Crippen MR) is 97.8 cm³/mol. The highest BCUT2D eigenvalue weighted by molar-refractivity contribution is 5.89. The van der Waals surface area contributed by atoms with Crippen LogP contribution >= 0.6 is 0 Å². The second kappa shape index (κ2) is 7.94. The first-order chi connectivity index (χ1) is 12.2. The molecule has 1 aliphatic rings. The molecule has 1 fully saturated rings. The number of benzene rings is 1. The molecule has 0 bridgehead atoms. The van der Waals surface area contributed by atoms with E-state index in [0.29, 0.717) is 19.8 Å².